The fraction of sp³-hybridized carbons (Fsp3) is 0.190. The Kier molecular flexibility index (Phi) is 4.52. The lowest BCUT2D eigenvalue weighted by Gasteiger charge is -2.32. The van der Waals surface area contributed by atoms with E-state index < -0.39 is 7.14 Å². The van der Waals surface area contributed by atoms with E-state index in [1.54, 1.807) is 17.0 Å². The zero-order chi connectivity index (χ0) is 18.0. The molecule has 0 aliphatic carbocycles. The minimum Gasteiger partial charge on any atom is -0.459 e. The van der Waals surface area contributed by atoms with Crippen LogP contribution in [0.4, 0.5) is 0 Å². The van der Waals surface area contributed by atoms with Crippen LogP contribution in [-0.2, 0) is 4.57 Å². The van der Waals surface area contributed by atoms with Crippen LogP contribution in [-0.4, -0.2) is 23.1 Å². The van der Waals surface area contributed by atoms with Gasteiger partial charge < -0.3 is 13.9 Å². The van der Waals surface area contributed by atoms with Gasteiger partial charge in [-0.3, -0.25) is 4.79 Å². The van der Waals surface area contributed by atoms with Crippen LogP contribution in [0.25, 0.3) is 0 Å². The normalized spacial score (nSPS) is 17.4. The van der Waals surface area contributed by atoms with Crippen molar-refractivity contribution in [1.29, 1.82) is 0 Å². The molecule has 1 fully saturated rings. The summed E-state index contributed by atoms with van der Waals surface area (Å²) in [5, 5.41) is 1.57. The molecule has 2 heterocycles. The number of nitrogens with zero attached hydrogens (tertiary/aromatic N) is 1. The van der Waals surface area contributed by atoms with Crippen molar-refractivity contribution in [3.63, 3.8) is 0 Å². The molecular weight excluding hydrogens is 345 g/mol. The molecule has 0 spiro atoms. The van der Waals surface area contributed by atoms with Gasteiger partial charge in [-0.1, -0.05) is 60.7 Å². The number of rotatable bonds is 4. The van der Waals surface area contributed by atoms with Crippen molar-refractivity contribution in [2.24, 2.45) is 0 Å². The van der Waals surface area contributed by atoms with E-state index in [1.807, 2.05) is 60.7 Å². The summed E-state index contributed by atoms with van der Waals surface area (Å²) in [5.74, 6) is -0.251. The molecule has 0 saturated carbocycles. The predicted octanol–water partition coefficient (Wildman–Crippen LogP) is 3.86. The molecule has 2 aromatic carbocycles. The average molecular weight is 365 g/mol. The van der Waals surface area contributed by atoms with Gasteiger partial charge >= 0.3 is 0 Å². The van der Waals surface area contributed by atoms with E-state index in [2.05, 4.69) is 0 Å². The third kappa shape index (κ3) is 2.81. The van der Waals surface area contributed by atoms with Gasteiger partial charge in [0, 0.05) is 17.2 Å². The molecule has 3 aromatic rings. The molecule has 5 heteroatoms. The Balaban J connectivity index is 1.82. The van der Waals surface area contributed by atoms with Gasteiger partial charge in [0.1, 0.15) is 0 Å². The van der Waals surface area contributed by atoms with E-state index in [0.29, 0.717) is 18.7 Å². The summed E-state index contributed by atoms with van der Waals surface area (Å²) < 4.78 is 19.8. The fourth-order valence-electron chi connectivity index (χ4n) is 3.70. The van der Waals surface area contributed by atoms with Crippen molar-refractivity contribution in [3.8, 4) is 0 Å². The largest absolute Gasteiger partial charge is 0.459 e. The Morgan fingerprint density at radius 1 is 0.923 bits per heavy atom. The number of carbonyl (C=O) groups is 1. The summed E-state index contributed by atoms with van der Waals surface area (Å²) in [6.45, 7) is 0.591. The number of hydrogen-bond donors (Lipinski definition) is 0. The van der Waals surface area contributed by atoms with Crippen molar-refractivity contribution >= 4 is 23.7 Å². The summed E-state index contributed by atoms with van der Waals surface area (Å²) >= 11 is 0. The Morgan fingerprint density at radius 2 is 1.54 bits per heavy atom. The van der Waals surface area contributed by atoms with Crippen LogP contribution in [0.3, 0.4) is 0 Å². The Labute approximate surface area is 152 Å². The van der Waals surface area contributed by atoms with Gasteiger partial charge in [0.25, 0.3) is 5.91 Å². The third-order valence-electron chi connectivity index (χ3n) is 4.91. The lowest BCUT2D eigenvalue weighted by atomic mass is 10.4. The Hall–Kier alpha value is -2.58. The minimum absolute atomic E-state index is 0.190. The molecule has 26 heavy (non-hydrogen) atoms. The summed E-state index contributed by atoms with van der Waals surface area (Å²) in [4.78, 5) is 14.7. The molecule has 1 amide bonds. The Bertz CT molecular complexity index is 879. The topological polar surface area (TPSA) is 50.5 Å². The van der Waals surface area contributed by atoms with Crippen LogP contribution in [0.2, 0.25) is 0 Å². The lowest BCUT2D eigenvalue weighted by molar-refractivity contribution is 0.0743. The van der Waals surface area contributed by atoms with Gasteiger partial charge in [0.05, 0.1) is 12.0 Å². The molecule has 4 nitrogen and oxygen atoms in total. The van der Waals surface area contributed by atoms with E-state index >= 15 is 0 Å². The van der Waals surface area contributed by atoms with Crippen molar-refractivity contribution in [3.05, 3.63) is 84.8 Å². The van der Waals surface area contributed by atoms with Crippen molar-refractivity contribution in [1.82, 2.24) is 4.90 Å². The first-order valence-corrected chi connectivity index (χ1v) is 10.5. The van der Waals surface area contributed by atoms with E-state index in [0.717, 1.165) is 17.0 Å². The number of furan rings is 1. The maximum atomic E-state index is 14.5. The second-order valence-corrected chi connectivity index (χ2v) is 9.37. The standard InChI is InChI=1S/C21H20NO3P/c23-21(19-13-8-16-25-19)22-15-7-14-20(22)26(24,17-9-3-1-4-10-17)18-11-5-2-6-12-18/h1-6,8-13,16,20H,7,14-15H2. The molecule has 1 atom stereocenters. The van der Waals surface area contributed by atoms with Crippen LogP contribution in [0, 0.1) is 0 Å². The summed E-state index contributed by atoms with van der Waals surface area (Å²) in [6, 6.07) is 22.4. The highest BCUT2D eigenvalue weighted by molar-refractivity contribution is 7.79. The van der Waals surface area contributed by atoms with Gasteiger partial charge in [-0.15, -0.1) is 0 Å². The molecule has 1 aliphatic heterocycles. The quantitative estimate of drug-likeness (QED) is 0.660. The zero-order valence-corrected chi connectivity index (χ0v) is 15.2. The van der Waals surface area contributed by atoms with Crippen LogP contribution >= 0.6 is 7.14 Å². The maximum absolute atomic E-state index is 14.5. The molecule has 0 radical (unpaired) electrons. The number of benzene rings is 2. The number of amides is 1. The number of likely N-dealkylation sites (tertiary alicyclic amines) is 1. The van der Waals surface area contributed by atoms with Crippen LogP contribution in [0.5, 0.6) is 0 Å². The Morgan fingerprint density at radius 3 is 2.08 bits per heavy atom. The zero-order valence-electron chi connectivity index (χ0n) is 14.3. The van der Waals surface area contributed by atoms with Gasteiger partial charge in [-0.2, -0.15) is 0 Å². The fourth-order valence-corrected chi connectivity index (χ4v) is 7.07. The van der Waals surface area contributed by atoms with Gasteiger partial charge in [0.2, 0.25) is 0 Å². The first-order valence-electron chi connectivity index (χ1n) is 8.76. The van der Waals surface area contributed by atoms with Crippen LogP contribution < -0.4 is 10.6 Å². The third-order valence-corrected chi connectivity index (χ3v) is 8.42. The molecule has 1 aromatic heterocycles. The van der Waals surface area contributed by atoms with Crippen LogP contribution in [0.1, 0.15) is 23.4 Å². The molecule has 1 unspecified atom stereocenters. The molecule has 132 valence electrons. The van der Waals surface area contributed by atoms with E-state index in [-0.39, 0.29) is 11.7 Å². The van der Waals surface area contributed by atoms with Crippen molar-refractivity contribution < 1.29 is 13.8 Å². The molecule has 0 bridgehead atoms. The van der Waals surface area contributed by atoms with Gasteiger partial charge in [0.15, 0.2) is 12.9 Å². The lowest BCUT2D eigenvalue weighted by Crippen LogP contribution is -2.39. The van der Waals surface area contributed by atoms with E-state index in [4.69, 9.17) is 4.42 Å². The highest BCUT2D eigenvalue weighted by atomic mass is 31.2. The van der Waals surface area contributed by atoms with Gasteiger partial charge in [-0.05, 0) is 25.0 Å². The summed E-state index contributed by atoms with van der Waals surface area (Å²) in [6.07, 6.45) is 3.04. The smallest absolute Gasteiger partial charge is 0.290 e. The molecule has 4 rings (SSSR count). The van der Waals surface area contributed by atoms with Crippen molar-refractivity contribution in [2.75, 3.05) is 6.54 Å². The van der Waals surface area contributed by atoms with E-state index in [1.165, 1.54) is 6.26 Å². The molecule has 0 N–H and O–H groups in total. The average Bonchev–Trinajstić information content (AvgIpc) is 3.40. The second kappa shape index (κ2) is 6.97. The van der Waals surface area contributed by atoms with Gasteiger partial charge in [-0.25, -0.2) is 0 Å². The second-order valence-electron chi connectivity index (χ2n) is 6.43. The monoisotopic (exact) mass is 365 g/mol. The predicted molar refractivity (Wildman–Crippen MR) is 103 cm³/mol. The molecular formula is C21H20NO3P. The number of hydrogen-bond acceptors (Lipinski definition) is 3. The maximum Gasteiger partial charge on any atom is 0.290 e. The van der Waals surface area contributed by atoms with Crippen molar-refractivity contribution in [2.45, 2.75) is 18.6 Å². The summed E-state index contributed by atoms with van der Waals surface area (Å²) in [7, 11) is -3.02. The SMILES string of the molecule is O=C(c1ccco1)N1CCCC1P(=O)(c1ccccc1)c1ccccc1. The summed E-state index contributed by atoms with van der Waals surface area (Å²) in [5.41, 5.74) is 0. The first kappa shape index (κ1) is 16.9. The minimum atomic E-state index is -3.02. The molecule has 1 saturated heterocycles. The number of carbonyl (C=O) groups excluding carboxylic acids is 1. The highest BCUT2D eigenvalue weighted by Crippen LogP contribution is 2.53. The highest BCUT2D eigenvalue weighted by Gasteiger charge is 2.45. The molecule has 1 aliphatic rings. The van der Waals surface area contributed by atoms with Crippen LogP contribution in [0.15, 0.2) is 83.5 Å². The van der Waals surface area contributed by atoms with E-state index in [9.17, 15) is 9.36 Å². The first-order chi connectivity index (χ1) is 12.7.